The summed E-state index contributed by atoms with van der Waals surface area (Å²) in [5.41, 5.74) is 4.53. The number of nitrogens with zero attached hydrogens (tertiary/aromatic N) is 2. The maximum absolute atomic E-state index is 9.65. The van der Waals surface area contributed by atoms with E-state index in [2.05, 4.69) is 31.2 Å². The summed E-state index contributed by atoms with van der Waals surface area (Å²) in [4.78, 5) is 11.0. The normalized spacial score (nSPS) is 10.9. The molecule has 0 aliphatic rings. The van der Waals surface area contributed by atoms with Crippen molar-refractivity contribution in [1.29, 1.82) is 0 Å². The van der Waals surface area contributed by atoms with Gasteiger partial charge < -0.3 is 15.2 Å². The molecule has 0 bridgehead atoms. The number of phenols is 1. The van der Waals surface area contributed by atoms with E-state index in [1.807, 2.05) is 79.7 Å². The molecule has 5 aromatic rings. The summed E-state index contributed by atoms with van der Waals surface area (Å²) in [6, 6.07) is 27.3. The number of halogens is 1. The molecular weight excluding hydrogens is 522 g/mol. The van der Waals surface area contributed by atoms with Gasteiger partial charge in [-0.05, 0) is 79.2 Å². The lowest BCUT2D eigenvalue weighted by molar-refractivity contribution is 0.306. The van der Waals surface area contributed by atoms with E-state index < -0.39 is 0 Å². The van der Waals surface area contributed by atoms with E-state index in [0.717, 1.165) is 48.0 Å². The number of nitrogens with one attached hydrogen (secondary N) is 1. The molecule has 0 saturated heterocycles. The van der Waals surface area contributed by atoms with Gasteiger partial charge in [-0.15, -0.1) is 0 Å². The summed E-state index contributed by atoms with van der Waals surface area (Å²) in [5, 5.41) is 14.2. The fourth-order valence-electron chi connectivity index (χ4n) is 3.60. The van der Waals surface area contributed by atoms with Crippen LogP contribution in [0.3, 0.4) is 0 Å². The van der Waals surface area contributed by atoms with Gasteiger partial charge >= 0.3 is 0 Å². The van der Waals surface area contributed by atoms with Crippen LogP contribution in [0, 0.1) is 6.92 Å². The van der Waals surface area contributed by atoms with E-state index in [1.54, 1.807) is 30.1 Å². The minimum atomic E-state index is 0.245. The number of hydrogen-bond acceptors (Lipinski definition) is 6. The fraction of sp³-hybridized carbons (Fsp3) is 0.0714. The van der Waals surface area contributed by atoms with Gasteiger partial charge in [0, 0.05) is 37.6 Å². The molecule has 0 unspecified atom stereocenters. The highest BCUT2D eigenvalue weighted by atomic mass is 79.9. The van der Waals surface area contributed by atoms with E-state index in [-0.39, 0.29) is 5.75 Å². The zero-order valence-electron chi connectivity index (χ0n) is 18.9. The molecule has 0 aliphatic carbocycles. The van der Waals surface area contributed by atoms with Crippen molar-refractivity contribution in [1.82, 2.24) is 9.97 Å². The number of fused-ring (bicyclic) bond motifs is 1. The Morgan fingerprint density at radius 3 is 2.63 bits per heavy atom. The van der Waals surface area contributed by atoms with Gasteiger partial charge in [-0.1, -0.05) is 39.8 Å². The molecule has 0 spiro atoms. The predicted molar refractivity (Wildman–Crippen MR) is 145 cm³/mol. The lowest BCUT2D eigenvalue weighted by Crippen LogP contribution is -1.99. The van der Waals surface area contributed by atoms with Crippen LogP contribution >= 0.6 is 27.7 Å². The molecule has 0 atom stereocenters. The third-order valence-electron chi connectivity index (χ3n) is 5.32. The molecule has 35 heavy (non-hydrogen) atoms. The average molecular weight is 544 g/mol. The second-order valence-electron chi connectivity index (χ2n) is 7.98. The van der Waals surface area contributed by atoms with Gasteiger partial charge in [0.05, 0.1) is 11.4 Å². The molecule has 2 heterocycles. The summed E-state index contributed by atoms with van der Waals surface area (Å²) in [6.45, 7) is 2.42. The molecule has 0 saturated carbocycles. The monoisotopic (exact) mass is 543 g/mol. The third-order valence-corrected chi connectivity index (χ3v) is 6.90. The van der Waals surface area contributed by atoms with Crippen molar-refractivity contribution >= 4 is 50.1 Å². The molecule has 0 aliphatic heterocycles. The van der Waals surface area contributed by atoms with Crippen LogP contribution in [0.25, 0.3) is 11.0 Å². The second kappa shape index (κ2) is 10.4. The van der Waals surface area contributed by atoms with E-state index in [1.165, 1.54) is 0 Å². The summed E-state index contributed by atoms with van der Waals surface area (Å²) >= 11 is 5.12. The van der Waals surface area contributed by atoms with Crippen LogP contribution in [0.5, 0.6) is 11.5 Å². The summed E-state index contributed by atoms with van der Waals surface area (Å²) in [7, 11) is 0. The van der Waals surface area contributed by atoms with Crippen LogP contribution in [0.4, 0.5) is 11.4 Å². The van der Waals surface area contributed by atoms with Crippen molar-refractivity contribution in [2.24, 2.45) is 0 Å². The first-order chi connectivity index (χ1) is 17.0. The molecular formula is C28H22BrN3O2S. The van der Waals surface area contributed by atoms with E-state index in [0.29, 0.717) is 12.3 Å². The molecule has 2 aromatic heterocycles. The zero-order chi connectivity index (χ0) is 24.2. The second-order valence-corrected chi connectivity index (χ2v) is 10.0. The first-order valence-electron chi connectivity index (χ1n) is 11.0. The molecule has 5 rings (SSSR count). The number of benzene rings is 3. The van der Waals surface area contributed by atoms with Crippen LogP contribution in [0.15, 0.2) is 105 Å². The highest BCUT2D eigenvalue weighted by Crippen LogP contribution is 2.38. The minimum absolute atomic E-state index is 0.245. The van der Waals surface area contributed by atoms with Gasteiger partial charge in [-0.2, -0.15) is 0 Å². The number of ether oxygens (including phenoxy) is 1. The number of pyridine rings is 2. The Labute approximate surface area is 216 Å². The van der Waals surface area contributed by atoms with Crippen molar-refractivity contribution in [2.45, 2.75) is 23.3 Å². The largest absolute Gasteiger partial charge is 0.508 e. The number of rotatable bonds is 7. The summed E-state index contributed by atoms with van der Waals surface area (Å²) < 4.78 is 7.14. The van der Waals surface area contributed by atoms with Crippen LogP contribution < -0.4 is 10.1 Å². The van der Waals surface area contributed by atoms with Gasteiger partial charge in [0.25, 0.3) is 0 Å². The fourth-order valence-corrected chi connectivity index (χ4v) is 4.93. The highest BCUT2D eigenvalue weighted by molar-refractivity contribution is 9.10. The van der Waals surface area contributed by atoms with Gasteiger partial charge in [-0.3, -0.25) is 0 Å². The number of anilines is 2. The Morgan fingerprint density at radius 2 is 1.80 bits per heavy atom. The summed E-state index contributed by atoms with van der Waals surface area (Å²) in [6.07, 6.45) is 1.76. The van der Waals surface area contributed by atoms with Crippen LogP contribution in [-0.2, 0) is 6.61 Å². The van der Waals surface area contributed by atoms with Crippen molar-refractivity contribution < 1.29 is 9.84 Å². The van der Waals surface area contributed by atoms with Crippen molar-refractivity contribution in [2.75, 3.05) is 5.32 Å². The van der Waals surface area contributed by atoms with Crippen LogP contribution in [0.1, 0.15) is 11.3 Å². The first-order valence-corrected chi connectivity index (χ1v) is 12.6. The third kappa shape index (κ3) is 5.75. The van der Waals surface area contributed by atoms with E-state index in [9.17, 15) is 5.11 Å². The topological polar surface area (TPSA) is 67.3 Å². The van der Waals surface area contributed by atoms with Crippen molar-refractivity contribution in [3.8, 4) is 11.5 Å². The Hall–Kier alpha value is -3.55. The smallest absolute Gasteiger partial charge is 0.161 e. The van der Waals surface area contributed by atoms with Gasteiger partial charge in [0.15, 0.2) is 5.65 Å². The standard InChI is InChI=1S/C28H22BrN3O2S/c1-18-5-11-24-25(13-14-30-28(24)31-18)32-26-16-22(34-17-19-3-2-4-20(29)15-19)8-12-27(26)35-23-9-6-21(33)7-10-23/h2-16,33H,17H2,1H3,(H,30,31,32). The Balaban J connectivity index is 1.48. The summed E-state index contributed by atoms with van der Waals surface area (Å²) in [5.74, 6) is 1.00. The Morgan fingerprint density at radius 1 is 0.943 bits per heavy atom. The zero-order valence-corrected chi connectivity index (χ0v) is 21.3. The molecule has 3 aromatic carbocycles. The Bertz CT molecular complexity index is 1490. The molecule has 5 nitrogen and oxygen atoms in total. The quantitative estimate of drug-likeness (QED) is 0.217. The van der Waals surface area contributed by atoms with Crippen LogP contribution in [-0.4, -0.2) is 15.1 Å². The Kier molecular flexibility index (Phi) is 6.88. The molecule has 174 valence electrons. The predicted octanol–water partition coefficient (Wildman–Crippen LogP) is 7.88. The number of hydrogen-bond donors (Lipinski definition) is 2. The highest BCUT2D eigenvalue weighted by Gasteiger charge is 2.11. The van der Waals surface area contributed by atoms with Crippen molar-refractivity contribution in [3.63, 3.8) is 0 Å². The average Bonchev–Trinajstić information content (AvgIpc) is 2.85. The number of aromatic nitrogens is 2. The van der Waals surface area contributed by atoms with Gasteiger partial charge in [-0.25, -0.2) is 9.97 Å². The van der Waals surface area contributed by atoms with E-state index in [4.69, 9.17) is 4.74 Å². The van der Waals surface area contributed by atoms with Gasteiger partial charge in [0.1, 0.15) is 18.1 Å². The van der Waals surface area contributed by atoms with E-state index >= 15 is 0 Å². The SMILES string of the molecule is Cc1ccc2c(Nc3cc(OCc4cccc(Br)c4)ccc3Sc3ccc(O)cc3)ccnc2n1. The molecule has 2 N–H and O–H groups in total. The lowest BCUT2D eigenvalue weighted by Gasteiger charge is -2.16. The molecule has 0 radical (unpaired) electrons. The molecule has 7 heteroatoms. The molecule has 0 fully saturated rings. The molecule has 0 amide bonds. The number of phenolic OH excluding ortho intramolecular Hbond substituents is 1. The lowest BCUT2D eigenvalue weighted by atomic mass is 10.2. The minimum Gasteiger partial charge on any atom is -0.508 e. The van der Waals surface area contributed by atoms with Crippen LogP contribution in [0.2, 0.25) is 0 Å². The number of aromatic hydroxyl groups is 1. The van der Waals surface area contributed by atoms with Crippen molar-refractivity contribution in [3.05, 3.63) is 107 Å². The number of aryl methyl sites for hydroxylation is 1. The van der Waals surface area contributed by atoms with Gasteiger partial charge in [0.2, 0.25) is 0 Å². The maximum Gasteiger partial charge on any atom is 0.161 e. The maximum atomic E-state index is 9.65. The first kappa shape index (κ1) is 23.2.